The van der Waals surface area contributed by atoms with E-state index < -0.39 is 15.7 Å². The number of ether oxygens (including phenoxy) is 1. The van der Waals surface area contributed by atoms with Gasteiger partial charge in [-0.2, -0.15) is 8.42 Å². The van der Waals surface area contributed by atoms with Gasteiger partial charge in [0.15, 0.2) is 0 Å². The molecule has 0 saturated heterocycles. The van der Waals surface area contributed by atoms with Gasteiger partial charge in [0.1, 0.15) is 11.4 Å². The van der Waals surface area contributed by atoms with E-state index >= 15 is 0 Å². The summed E-state index contributed by atoms with van der Waals surface area (Å²) < 4.78 is 38.5. The molecule has 0 aliphatic heterocycles. The molecule has 120 valence electrons. The predicted octanol–water partition coefficient (Wildman–Crippen LogP) is 4.12. The highest BCUT2D eigenvalue weighted by atomic mass is 32.2. The van der Waals surface area contributed by atoms with Crippen LogP contribution in [-0.2, 0) is 10.1 Å². The number of benzene rings is 1. The van der Waals surface area contributed by atoms with Gasteiger partial charge in [0, 0.05) is 6.42 Å². The van der Waals surface area contributed by atoms with Crippen molar-refractivity contribution < 1.29 is 17.7 Å². The molecule has 0 spiro atoms. The summed E-state index contributed by atoms with van der Waals surface area (Å²) in [6.07, 6.45) is 6.11. The van der Waals surface area contributed by atoms with E-state index in [0.717, 1.165) is 24.2 Å². The first-order valence-electron chi connectivity index (χ1n) is 7.47. The number of rotatable bonds is 6. The maximum absolute atomic E-state index is 11.5. The van der Waals surface area contributed by atoms with E-state index in [9.17, 15) is 13.0 Å². The molecule has 0 amide bonds. The third kappa shape index (κ3) is 4.21. The van der Waals surface area contributed by atoms with Crippen molar-refractivity contribution >= 4 is 10.1 Å². The molecule has 0 aromatic heterocycles. The van der Waals surface area contributed by atoms with Gasteiger partial charge in [-0.25, -0.2) is 0 Å². The molecule has 0 radical (unpaired) electrons. The van der Waals surface area contributed by atoms with Crippen molar-refractivity contribution in [2.75, 3.05) is 0 Å². The molecule has 0 fully saturated rings. The van der Waals surface area contributed by atoms with Gasteiger partial charge in [0.05, 0.1) is 4.91 Å². The fourth-order valence-corrected chi connectivity index (χ4v) is 3.42. The molecular formula is C17H22O4S. The Morgan fingerprint density at radius 2 is 1.95 bits per heavy atom. The van der Waals surface area contributed by atoms with Gasteiger partial charge >= 0.3 is 0 Å². The Kier molecular flexibility index (Phi) is 5.08. The zero-order valence-electron chi connectivity index (χ0n) is 13.0. The second-order valence-corrected chi connectivity index (χ2v) is 7.17. The zero-order valence-corrected chi connectivity index (χ0v) is 13.8. The molecule has 1 N–H and O–H groups in total. The summed E-state index contributed by atoms with van der Waals surface area (Å²) in [4.78, 5) is 0.0232. The van der Waals surface area contributed by atoms with Crippen molar-refractivity contribution in [3.05, 3.63) is 53.0 Å². The summed E-state index contributed by atoms with van der Waals surface area (Å²) in [7, 11) is -4.19. The van der Waals surface area contributed by atoms with Crippen LogP contribution in [0, 0.1) is 0 Å². The first kappa shape index (κ1) is 16.8. The molecule has 1 aliphatic carbocycles. The highest BCUT2D eigenvalue weighted by Gasteiger charge is 2.32. The Labute approximate surface area is 132 Å². The van der Waals surface area contributed by atoms with Crippen LogP contribution in [0.4, 0.5) is 0 Å². The minimum Gasteiger partial charge on any atom is -0.483 e. The number of hydrogen-bond donors (Lipinski definition) is 1. The van der Waals surface area contributed by atoms with Gasteiger partial charge in [-0.05, 0) is 49.6 Å². The molecule has 2 rings (SSSR count). The standard InChI is InChI=1S/C17H22O4S/c1-3-4-8-14-13-17(2,12-11-16(14)22(18,19)20)21-15-9-6-5-7-10-15/h5-7,9-12H,3-4,8,13H2,1-2H3,(H,18,19,20). The lowest BCUT2D eigenvalue weighted by Gasteiger charge is -2.32. The molecule has 1 unspecified atom stereocenters. The van der Waals surface area contributed by atoms with Crippen LogP contribution in [0.2, 0.25) is 0 Å². The van der Waals surface area contributed by atoms with E-state index in [1.807, 2.05) is 44.2 Å². The van der Waals surface area contributed by atoms with Crippen LogP contribution in [0.15, 0.2) is 53.0 Å². The van der Waals surface area contributed by atoms with Crippen LogP contribution in [0.3, 0.4) is 0 Å². The molecule has 0 saturated carbocycles. The van der Waals surface area contributed by atoms with Crippen LogP contribution in [-0.4, -0.2) is 18.6 Å². The normalized spacial score (nSPS) is 22.0. The lowest BCUT2D eigenvalue weighted by Crippen LogP contribution is -2.33. The van der Waals surface area contributed by atoms with Gasteiger partial charge in [0.25, 0.3) is 10.1 Å². The topological polar surface area (TPSA) is 63.6 Å². The van der Waals surface area contributed by atoms with Crippen molar-refractivity contribution in [1.82, 2.24) is 0 Å². The second-order valence-electron chi connectivity index (χ2n) is 5.78. The average Bonchev–Trinajstić information content (AvgIpc) is 2.44. The molecule has 1 atom stereocenters. The Morgan fingerprint density at radius 1 is 1.27 bits per heavy atom. The number of para-hydroxylation sites is 1. The van der Waals surface area contributed by atoms with E-state index in [0.29, 0.717) is 12.8 Å². The van der Waals surface area contributed by atoms with Crippen LogP contribution in [0.1, 0.15) is 39.5 Å². The van der Waals surface area contributed by atoms with E-state index in [1.165, 1.54) is 6.08 Å². The first-order chi connectivity index (χ1) is 10.3. The summed E-state index contributed by atoms with van der Waals surface area (Å²) in [5, 5.41) is 0. The first-order valence-corrected chi connectivity index (χ1v) is 8.91. The Balaban J connectivity index is 2.26. The lowest BCUT2D eigenvalue weighted by molar-refractivity contribution is 0.138. The average molecular weight is 322 g/mol. The molecular weight excluding hydrogens is 300 g/mol. The van der Waals surface area contributed by atoms with Gasteiger partial charge < -0.3 is 4.74 Å². The molecule has 4 nitrogen and oxygen atoms in total. The van der Waals surface area contributed by atoms with Gasteiger partial charge in [-0.1, -0.05) is 31.5 Å². The summed E-state index contributed by atoms with van der Waals surface area (Å²) in [5.74, 6) is 0.736. The van der Waals surface area contributed by atoms with Crippen molar-refractivity contribution in [2.24, 2.45) is 0 Å². The summed E-state index contributed by atoms with van der Waals surface area (Å²) >= 11 is 0. The van der Waals surface area contributed by atoms with Crippen molar-refractivity contribution in [3.8, 4) is 5.75 Å². The summed E-state index contributed by atoms with van der Waals surface area (Å²) in [6.45, 7) is 3.97. The quantitative estimate of drug-likeness (QED) is 0.800. The molecule has 0 heterocycles. The van der Waals surface area contributed by atoms with Crippen molar-refractivity contribution in [2.45, 2.75) is 45.1 Å². The zero-order chi connectivity index (χ0) is 16.2. The third-order valence-electron chi connectivity index (χ3n) is 3.70. The minimum atomic E-state index is -4.19. The number of hydrogen-bond acceptors (Lipinski definition) is 3. The van der Waals surface area contributed by atoms with Gasteiger partial charge in [-0.15, -0.1) is 0 Å². The Morgan fingerprint density at radius 3 is 2.55 bits per heavy atom. The largest absolute Gasteiger partial charge is 0.483 e. The predicted molar refractivity (Wildman–Crippen MR) is 87.3 cm³/mol. The van der Waals surface area contributed by atoms with E-state index in [1.54, 1.807) is 6.08 Å². The summed E-state index contributed by atoms with van der Waals surface area (Å²) in [5.41, 5.74) is 0.115. The van der Waals surface area contributed by atoms with Gasteiger partial charge in [0.2, 0.25) is 0 Å². The molecule has 1 aliphatic rings. The van der Waals surface area contributed by atoms with Crippen LogP contribution >= 0.6 is 0 Å². The van der Waals surface area contributed by atoms with Crippen LogP contribution in [0.25, 0.3) is 0 Å². The SMILES string of the molecule is CCCCC1=C(S(=O)(=O)O)C=CC(C)(Oc2ccccc2)C1. The lowest BCUT2D eigenvalue weighted by atomic mass is 9.88. The molecule has 22 heavy (non-hydrogen) atoms. The Bertz CT molecular complexity index is 674. The third-order valence-corrected chi connectivity index (χ3v) is 4.68. The molecule has 0 bridgehead atoms. The molecule has 1 aromatic carbocycles. The Hall–Kier alpha value is -1.59. The number of unbranched alkanes of at least 4 members (excludes halogenated alkanes) is 1. The highest BCUT2D eigenvalue weighted by Crippen LogP contribution is 2.35. The smallest absolute Gasteiger partial charge is 0.294 e. The maximum Gasteiger partial charge on any atom is 0.294 e. The van der Waals surface area contributed by atoms with Crippen molar-refractivity contribution in [1.29, 1.82) is 0 Å². The van der Waals surface area contributed by atoms with Crippen LogP contribution < -0.4 is 4.74 Å². The van der Waals surface area contributed by atoms with Crippen LogP contribution in [0.5, 0.6) is 5.75 Å². The monoisotopic (exact) mass is 322 g/mol. The molecule has 1 aromatic rings. The van der Waals surface area contributed by atoms with E-state index in [-0.39, 0.29) is 4.91 Å². The van der Waals surface area contributed by atoms with E-state index in [2.05, 4.69) is 0 Å². The van der Waals surface area contributed by atoms with Gasteiger partial charge in [-0.3, -0.25) is 4.55 Å². The highest BCUT2D eigenvalue weighted by molar-refractivity contribution is 7.90. The summed E-state index contributed by atoms with van der Waals surface area (Å²) in [6, 6.07) is 9.43. The maximum atomic E-state index is 11.5. The fraction of sp³-hybridized carbons (Fsp3) is 0.412. The number of allylic oxidation sites excluding steroid dienone is 1. The van der Waals surface area contributed by atoms with Crippen molar-refractivity contribution in [3.63, 3.8) is 0 Å². The fourth-order valence-electron chi connectivity index (χ4n) is 2.64. The van der Waals surface area contributed by atoms with E-state index in [4.69, 9.17) is 4.74 Å². The second kappa shape index (κ2) is 6.67. The molecule has 5 heteroatoms. The minimum absolute atomic E-state index is 0.0232.